The summed E-state index contributed by atoms with van der Waals surface area (Å²) in [7, 11) is 0. The Labute approximate surface area is 145 Å². The molecule has 1 amide bonds. The minimum Gasteiger partial charge on any atom is -0.393 e. The molecule has 1 aromatic rings. The zero-order valence-electron chi connectivity index (χ0n) is 15.4. The highest BCUT2D eigenvalue weighted by atomic mass is 16.3. The lowest BCUT2D eigenvalue weighted by atomic mass is 9.92. The average molecular weight is 332 g/mol. The van der Waals surface area contributed by atoms with Crippen molar-refractivity contribution in [1.82, 2.24) is 9.47 Å². The first-order chi connectivity index (χ1) is 11.5. The highest BCUT2D eigenvalue weighted by molar-refractivity contribution is 5.95. The van der Waals surface area contributed by atoms with Gasteiger partial charge in [0.05, 0.1) is 11.7 Å². The average Bonchev–Trinajstić information content (AvgIpc) is 2.89. The molecule has 1 saturated heterocycles. The van der Waals surface area contributed by atoms with Gasteiger partial charge in [0.1, 0.15) is 0 Å². The first-order valence-electron chi connectivity index (χ1n) is 9.64. The molecule has 1 aliphatic heterocycles. The fraction of sp³-hybridized carbons (Fsp3) is 0.750. The lowest BCUT2D eigenvalue weighted by Gasteiger charge is -2.33. The van der Waals surface area contributed by atoms with Crippen molar-refractivity contribution in [3.8, 4) is 0 Å². The van der Waals surface area contributed by atoms with E-state index in [0.717, 1.165) is 37.2 Å². The van der Waals surface area contributed by atoms with Crippen LogP contribution in [0.5, 0.6) is 0 Å². The molecule has 2 fully saturated rings. The Bertz CT molecular complexity index is 577. The molecular weight excluding hydrogens is 300 g/mol. The fourth-order valence-corrected chi connectivity index (χ4v) is 4.65. The standard InChI is InChI=1S/C20H32N2O2/c1-14-13-19(15(2)22(14)18-7-5-4-6-8-18)20(24)21-11-9-17(10-12-21)16(3)23/h13,16-18,23H,4-12H2,1-3H3. The molecule has 0 radical (unpaired) electrons. The normalized spacial score (nSPS) is 21.9. The predicted octanol–water partition coefficient (Wildman–Crippen LogP) is 3.84. The Hall–Kier alpha value is -1.29. The molecule has 0 aromatic carbocycles. The van der Waals surface area contributed by atoms with Crippen LogP contribution in [0.25, 0.3) is 0 Å². The summed E-state index contributed by atoms with van der Waals surface area (Å²) in [5.41, 5.74) is 3.25. The van der Waals surface area contributed by atoms with Gasteiger partial charge in [-0.1, -0.05) is 19.3 Å². The maximum atomic E-state index is 13.0. The molecule has 0 spiro atoms. The Morgan fingerprint density at radius 2 is 1.75 bits per heavy atom. The highest BCUT2D eigenvalue weighted by Gasteiger charge is 2.29. The molecule has 1 aromatic heterocycles. The third-order valence-corrected chi connectivity index (χ3v) is 6.16. The van der Waals surface area contributed by atoms with Gasteiger partial charge in [-0.25, -0.2) is 0 Å². The summed E-state index contributed by atoms with van der Waals surface area (Å²) in [6, 6.07) is 2.66. The van der Waals surface area contributed by atoms with E-state index >= 15 is 0 Å². The van der Waals surface area contributed by atoms with Gasteiger partial charge in [-0.05, 0) is 58.4 Å². The van der Waals surface area contributed by atoms with E-state index in [1.54, 1.807) is 0 Å². The lowest BCUT2D eigenvalue weighted by molar-refractivity contribution is 0.0520. The van der Waals surface area contributed by atoms with E-state index in [1.807, 2.05) is 11.8 Å². The predicted molar refractivity (Wildman–Crippen MR) is 96.3 cm³/mol. The highest BCUT2D eigenvalue weighted by Crippen LogP contribution is 2.33. The Morgan fingerprint density at radius 3 is 2.33 bits per heavy atom. The van der Waals surface area contributed by atoms with E-state index in [4.69, 9.17) is 0 Å². The number of carbonyl (C=O) groups excluding carboxylic acids is 1. The molecule has 24 heavy (non-hydrogen) atoms. The minimum atomic E-state index is -0.265. The van der Waals surface area contributed by atoms with Gasteiger partial charge in [0.25, 0.3) is 5.91 Å². The van der Waals surface area contributed by atoms with Crippen LogP contribution in [0.4, 0.5) is 0 Å². The summed E-state index contributed by atoms with van der Waals surface area (Å²) in [5, 5.41) is 9.74. The zero-order valence-corrected chi connectivity index (χ0v) is 15.4. The van der Waals surface area contributed by atoms with Crippen LogP contribution in [0.2, 0.25) is 0 Å². The van der Waals surface area contributed by atoms with Crippen molar-refractivity contribution < 1.29 is 9.90 Å². The van der Waals surface area contributed by atoms with E-state index in [2.05, 4.69) is 24.5 Å². The molecule has 2 heterocycles. The van der Waals surface area contributed by atoms with E-state index in [9.17, 15) is 9.90 Å². The molecule has 4 nitrogen and oxygen atoms in total. The second kappa shape index (κ2) is 7.30. The van der Waals surface area contributed by atoms with Gasteiger partial charge in [-0.3, -0.25) is 4.79 Å². The van der Waals surface area contributed by atoms with Crippen LogP contribution in [0.1, 0.15) is 79.7 Å². The topological polar surface area (TPSA) is 45.5 Å². The van der Waals surface area contributed by atoms with Gasteiger partial charge in [0.15, 0.2) is 0 Å². The van der Waals surface area contributed by atoms with Crippen molar-refractivity contribution in [2.45, 2.75) is 77.9 Å². The van der Waals surface area contributed by atoms with Crippen LogP contribution in [-0.2, 0) is 0 Å². The lowest BCUT2D eigenvalue weighted by Crippen LogP contribution is -2.40. The molecule has 1 N–H and O–H groups in total. The van der Waals surface area contributed by atoms with Crippen molar-refractivity contribution in [2.75, 3.05) is 13.1 Å². The fourth-order valence-electron chi connectivity index (χ4n) is 4.65. The van der Waals surface area contributed by atoms with Gasteiger partial charge in [-0.15, -0.1) is 0 Å². The summed E-state index contributed by atoms with van der Waals surface area (Å²) in [5.74, 6) is 0.512. The van der Waals surface area contributed by atoms with Crippen molar-refractivity contribution in [3.05, 3.63) is 23.0 Å². The SMILES string of the molecule is Cc1cc(C(=O)N2CCC(C(C)O)CC2)c(C)n1C1CCCCC1. The summed E-state index contributed by atoms with van der Waals surface area (Å²) in [4.78, 5) is 15.0. The van der Waals surface area contributed by atoms with Crippen molar-refractivity contribution in [1.29, 1.82) is 0 Å². The molecule has 0 bridgehead atoms. The molecule has 3 rings (SSSR count). The molecule has 4 heteroatoms. The van der Waals surface area contributed by atoms with Crippen LogP contribution in [0, 0.1) is 19.8 Å². The van der Waals surface area contributed by atoms with Gasteiger partial charge >= 0.3 is 0 Å². The number of hydrogen-bond acceptors (Lipinski definition) is 2. The number of carbonyl (C=O) groups is 1. The molecule has 2 aliphatic rings. The number of likely N-dealkylation sites (tertiary alicyclic amines) is 1. The third kappa shape index (κ3) is 3.39. The van der Waals surface area contributed by atoms with Crippen LogP contribution in [-0.4, -0.2) is 39.7 Å². The number of nitrogens with zero attached hydrogens (tertiary/aromatic N) is 2. The smallest absolute Gasteiger partial charge is 0.255 e. The number of aliphatic hydroxyl groups is 1. The van der Waals surface area contributed by atoms with E-state index in [1.165, 1.54) is 37.8 Å². The Kier molecular flexibility index (Phi) is 5.33. The number of hydrogen-bond donors (Lipinski definition) is 1. The molecule has 1 unspecified atom stereocenters. The molecule has 1 aliphatic carbocycles. The van der Waals surface area contributed by atoms with E-state index in [0.29, 0.717) is 12.0 Å². The number of amides is 1. The number of rotatable bonds is 3. The Balaban J connectivity index is 1.74. The number of aryl methyl sites for hydroxylation is 1. The largest absolute Gasteiger partial charge is 0.393 e. The first kappa shape index (κ1) is 17.5. The van der Waals surface area contributed by atoms with Crippen molar-refractivity contribution >= 4 is 5.91 Å². The van der Waals surface area contributed by atoms with Gasteiger partial charge in [0.2, 0.25) is 0 Å². The minimum absolute atomic E-state index is 0.175. The molecule has 1 saturated carbocycles. The van der Waals surface area contributed by atoms with Gasteiger partial charge < -0.3 is 14.6 Å². The quantitative estimate of drug-likeness (QED) is 0.914. The molecule has 134 valence electrons. The zero-order chi connectivity index (χ0) is 17.3. The monoisotopic (exact) mass is 332 g/mol. The summed E-state index contributed by atoms with van der Waals surface area (Å²) >= 11 is 0. The van der Waals surface area contributed by atoms with Crippen LogP contribution < -0.4 is 0 Å². The third-order valence-electron chi connectivity index (χ3n) is 6.16. The second-order valence-electron chi connectivity index (χ2n) is 7.82. The van der Waals surface area contributed by atoms with Crippen LogP contribution in [0.3, 0.4) is 0 Å². The second-order valence-corrected chi connectivity index (χ2v) is 7.82. The Morgan fingerprint density at radius 1 is 1.12 bits per heavy atom. The molecule has 1 atom stereocenters. The number of piperidine rings is 1. The van der Waals surface area contributed by atoms with E-state index in [-0.39, 0.29) is 12.0 Å². The summed E-state index contributed by atoms with van der Waals surface area (Å²) in [6.45, 7) is 7.64. The molecular formula is C20H32N2O2. The first-order valence-corrected chi connectivity index (χ1v) is 9.64. The maximum absolute atomic E-state index is 13.0. The number of aliphatic hydroxyl groups excluding tert-OH is 1. The number of aromatic nitrogens is 1. The van der Waals surface area contributed by atoms with Crippen molar-refractivity contribution in [3.63, 3.8) is 0 Å². The van der Waals surface area contributed by atoms with Gasteiger partial charge in [-0.2, -0.15) is 0 Å². The van der Waals surface area contributed by atoms with E-state index < -0.39 is 0 Å². The maximum Gasteiger partial charge on any atom is 0.255 e. The summed E-state index contributed by atoms with van der Waals surface area (Å²) in [6.07, 6.45) is 7.98. The van der Waals surface area contributed by atoms with Crippen LogP contribution >= 0.6 is 0 Å². The van der Waals surface area contributed by atoms with Crippen LogP contribution in [0.15, 0.2) is 6.07 Å². The van der Waals surface area contributed by atoms with Gasteiger partial charge in [0, 0.05) is 30.5 Å². The summed E-state index contributed by atoms with van der Waals surface area (Å²) < 4.78 is 2.41. The van der Waals surface area contributed by atoms with Crippen molar-refractivity contribution in [2.24, 2.45) is 5.92 Å².